The maximum absolute atomic E-state index is 8.51. The fourth-order valence-electron chi connectivity index (χ4n) is 0.724. The molecule has 0 aliphatic carbocycles. The maximum atomic E-state index is 8.51. The van der Waals surface area contributed by atoms with E-state index in [4.69, 9.17) is 16.7 Å². The molecule has 0 saturated carbocycles. The van der Waals surface area contributed by atoms with Crippen molar-refractivity contribution >= 4 is 27.5 Å². The lowest BCUT2D eigenvalue weighted by atomic mass is 10.3. The van der Waals surface area contributed by atoms with E-state index < -0.39 is 0 Å². The SMILES string of the molecule is OCCC#Cc1cc(Br)cnc1Cl. The molecule has 1 aromatic heterocycles. The summed E-state index contributed by atoms with van der Waals surface area (Å²) < 4.78 is 0.838. The third-order valence-corrected chi connectivity index (χ3v) is 2.00. The van der Waals surface area contributed by atoms with Gasteiger partial charge in [-0.05, 0) is 22.0 Å². The first-order valence-electron chi connectivity index (χ1n) is 3.65. The topological polar surface area (TPSA) is 33.1 Å². The summed E-state index contributed by atoms with van der Waals surface area (Å²) in [6.45, 7) is 0.0616. The van der Waals surface area contributed by atoms with E-state index in [1.807, 2.05) is 0 Å². The highest BCUT2D eigenvalue weighted by Gasteiger charge is 1.97. The van der Waals surface area contributed by atoms with Crippen molar-refractivity contribution in [3.05, 3.63) is 27.5 Å². The summed E-state index contributed by atoms with van der Waals surface area (Å²) >= 11 is 9.05. The highest BCUT2D eigenvalue weighted by atomic mass is 79.9. The van der Waals surface area contributed by atoms with E-state index in [0.29, 0.717) is 17.1 Å². The molecule has 0 aromatic carbocycles. The van der Waals surface area contributed by atoms with Crippen molar-refractivity contribution in [1.82, 2.24) is 4.98 Å². The Hall–Kier alpha value is -0.560. The Bertz CT molecular complexity index is 356. The van der Waals surface area contributed by atoms with Crippen LogP contribution in [0.3, 0.4) is 0 Å². The second-order valence-corrected chi connectivity index (χ2v) is 3.54. The number of nitrogens with zero attached hydrogens (tertiary/aromatic N) is 1. The number of rotatable bonds is 1. The fourth-order valence-corrected chi connectivity index (χ4v) is 1.21. The lowest BCUT2D eigenvalue weighted by Crippen LogP contribution is -1.83. The highest BCUT2D eigenvalue weighted by Crippen LogP contribution is 2.16. The van der Waals surface area contributed by atoms with Crippen molar-refractivity contribution in [2.24, 2.45) is 0 Å². The molecule has 0 atom stereocenters. The Kier molecular flexibility index (Phi) is 4.23. The molecular weight excluding hydrogens is 253 g/mol. The monoisotopic (exact) mass is 259 g/mol. The molecule has 1 N–H and O–H groups in total. The van der Waals surface area contributed by atoms with Crippen LogP contribution >= 0.6 is 27.5 Å². The second-order valence-electron chi connectivity index (χ2n) is 2.27. The van der Waals surface area contributed by atoms with E-state index >= 15 is 0 Å². The van der Waals surface area contributed by atoms with Gasteiger partial charge in [0.15, 0.2) is 0 Å². The molecule has 4 heteroatoms. The van der Waals surface area contributed by atoms with Crippen LogP contribution in [0.15, 0.2) is 16.7 Å². The largest absolute Gasteiger partial charge is 0.395 e. The van der Waals surface area contributed by atoms with E-state index in [0.717, 1.165) is 4.47 Å². The van der Waals surface area contributed by atoms with E-state index in [1.54, 1.807) is 12.3 Å². The smallest absolute Gasteiger partial charge is 0.144 e. The van der Waals surface area contributed by atoms with Gasteiger partial charge in [-0.2, -0.15) is 0 Å². The first-order valence-corrected chi connectivity index (χ1v) is 4.82. The summed E-state index contributed by atoms with van der Waals surface area (Å²) in [5.74, 6) is 5.59. The first-order chi connectivity index (χ1) is 6.24. The third kappa shape index (κ3) is 3.35. The average molecular weight is 261 g/mol. The zero-order chi connectivity index (χ0) is 9.68. The molecule has 0 unspecified atom stereocenters. The quantitative estimate of drug-likeness (QED) is 0.620. The van der Waals surface area contributed by atoms with Gasteiger partial charge >= 0.3 is 0 Å². The van der Waals surface area contributed by atoms with Crippen LogP contribution < -0.4 is 0 Å². The van der Waals surface area contributed by atoms with Gasteiger partial charge in [-0.1, -0.05) is 23.4 Å². The first kappa shape index (κ1) is 10.5. The van der Waals surface area contributed by atoms with E-state index in [9.17, 15) is 0 Å². The predicted octanol–water partition coefficient (Wildman–Crippen LogP) is 2.23. The van der Waals surface area contributed by atoms with Crippen LogP contribution in [-0.2, 0) is 0 Å². The number of hydrogen-bond acceptors (Lipinski definition) is 2. The third-order valence-electron chi connectivity index (χ3n) is 1.27. The summed E-state index contributed by atoms with van der Waals surface area (Å²) in [5, 5.41) is 8.89. The normalized spacial score (nSPS) is 9.15. The van der Waals surface area contributed by atoms with Crippen LogP contribution in [0.1, 0.15) is 12.0 Å². The van der Waals surface area contributed by atoms with E-state index in [1.165, 1.54) is 0 Å². The minimum atomic E-state index is 0.0616. The van der Waals surface area contributed by atoms with Crippen molar-refractivity contribution in [3.8, 4) is 11.8 Å². The van der Waals surface area contributed by atoms with Crippen LogP contribution in [-0.4, -0.2) is 16.7 Å². The zero-order valence-electron chi connectivity index (χ0n) is 6.72. The standard InChI is InChI=1S/C9H7BrClNO/c10-8-5-7(3-1-2-4-13)9(11)12-6-8/h5-6,13H,2,4H2. The molecule has 0 spiro atoms. The van der Waals surface area contributed by atoms with Crippen molar-refractivity contribution in [1.29, 1.82) is 0 Å². The Morgan fingerprint density at radius 2 is 2.38 bits per heavy atom. The molecule has 2 nitrogen and oxygen atoms in total. The lowest BCUT2D eigenvalue weighted by molar-refractivity contribution is 0.305. The van der Waals surface area contributed by atoms with Gasteiger partial charge in [-0.25, -0.2) is 4.98 Å². The highest BCUT2D eigenvalue weighted by molar-refractivity contribution is 9.10. The number of aliphatic hydroxyl groups excluding tert-OH is 1. The molecule has 0 fully saturated rings. The summed E-state index contributed by atoms with van der Waals surface area (Å²) in [6.07, 6.45) is 2.06. The molecule has 0 aliphatic rings. The van der Waals surface area contributed by atoms with Gasteiger partial charge in [0.1, 0.15) is 5.15 Å². The van der Waals surface area contributed by atoms with Crippen LogP contribution in [0.25, 0.3) is 0 Å². The predicted molar refractivity (Wildman–Crippen MR) is 55.5 cm³/mol. The zero-order valence-corrected chi connectivity index (χ0v) is 9.06. The molecule has 0 radical (unpaired) electrons. The van der Waals surface area contributed by atoms with Crippen LogP contribution in [0, 0.1) is 11.8 Å². The fraction of sp³-hybridized carbons (Fsp3) is 0.222. The minimum Gasteiger partial charge on any atom is -0.395 e. The van der Waals surface area contributed by atoms with E-state index in [2.05, 4.69) is 32.8 Å². The van der Waals surface area contributed by atoms with Crippen molar-refractivity contribution in [2.75, 3.05) is 6.61 Å². The van der Waals surface area contributed by atoms with Crippen molar-refractivity contribution < 1.29 is 5.11 Å². The minimum absolute atomic E-state index is 0.0616. The number of aromatic nitrogens is 1. The van der Waals surface area contributed by atoms with E-state index in [-0.39, 0.29) is 6.61 Å². The van der Waals surface area contributed by atoms with Crippen LogP contribution in [0.2, 0.25) is 5.15 Å². The number of halogens is 2. The molecule has 1 heterocycles. The second kappa shape index (κ2) is 5.23. The average Bonchev–Trinajstić information content (AvgIpc) is 2.11. The summed E-state index contributed by atoms with van der Waals surface area (Å²) in [5.41, 5.74) is 0.671. The van der Waals surface area contributed by atoms with Crippen molar-refractivity contribution in [3.63, 3.8) is 0 Å². The molecule has 0 aliphatic heterocycles. The van der Waals surface area contributed by atoms with Crippen LogP contribution in [0.4, 0.5) is 0 Å². The molecule has 0 bridgehead atoms. The Morgan fingerprint density at radius 1 is 1.62 bits per heavy atom. The summed E-state index contributed by atoms with van der Waals surface area (Å²) in [6, 6.07) is 1.79. The van der Waals surface area contributed by atoms with Gasteiger partial charge in [0, 0.05) is 17.1 Å². The van der Waals surface area contributed by atoms with Gasteiger partial charge < -0.3 is 5.11 Å². The molecule has 13 heavy (non-hydrogen) atoms. The van der Waals surface area contributed by atoms with Gasteiger partial charge in [-0.15, -0.1) is 0 Å². The molecular formula is C9H7BrClNO. The summed E-state index contributed by atoms with van der Waals surface area (Å²) in [7, 11) is 0. The lowest BCUT2D eigenvalue weighted by Gasteiger charge is -1.94. The Morgan fingerprint density at radius 3 is 3.08 bits per heavy atom. The van der Waals surface area contributed by atoms with Crippen LogP contribution in [0.5, 0.6) is 0 Å². The molecule has 1 rings (SSSR count). The molecule has 0 amide bonds. The van der Waals surface area contributed by atoms with Gasteiger partial charge in [0.05, 0.1) is 12.2 Å². The number of pyridine rings is 1. The Labute approximate surface area is 90.1 Å². The summed E-state index contributed by atoms with van der Waals surface area (Å²) in [4.78, 5) is 3.91. The van der Waals surface area contributed by atoms with Crippen molar-refractivity contribution in [2.45, 2.75) is 6.42 Å². The van der Waals surface area contributed by atoms with Gasteiger partial charge in [0.25, 0.3) is 0 Å². The maximum Gasteiger partial charge on any atom is 0.144 e. The van der Waals surface area contributed by atoms with Gasteiger partial charge in [0.2, 0.25) is 0 Å². The Balaban J connectivity index is 2.89. The molecule has 0 saturated heterocycles. The molecule has 68 valence electrons. The number of hydrogen-bond donors (Lipinski definition) is 1. The molecule has 1 aromatic rings. The number of aliphatic hydroxyl groups is 1. The van der Waals surface area contributed by atoms with Gasteiger partial charge in [-0.3, -0.25) is 0 Å².